The van der Waals surface area contributed by atoms with Crippen molar-refractivity contribution in [1.29, 1.82) is 0 Å². The van der Waals surface area contributed by atoms with Crippen molar-refractivity contribution in [3.05, 3.63) is 0 Å². The molecule has 4 heavy (non-hydrogen) atoms. The molecule has 0 saturated heterocycles. The van der Waals surface area contributed by atoms with E-state index in [1.54, 1.807) is 0 Å². The Morgan fingerprint density at radius 2 is 1.00 bits per heavy atom. The summed E-state index contributed by atoms with van der Waals surface area (Å²) in [7, 11) is 0. The third kappa shape index (κ3) is 8.83. The van der Waals surface area contributed by atoms with Crippen LogP contribution in [0.3, 0.4) is 0 Å². The molecule has 0 N–H and O–H groups in total. The minimum atomic E-state index is 0. The van der Waals surface area contributed by atoms with Gasteiger partial charge in [-0.25, -0.2) is 0 Å². The van der Waals surface area contributed by atoms with E-state index in [0.717, 1.165) is 0 Å². The summed E-state index contributed by atoms with van der Waals surface area (Å²) in [6.45, 7) is 0. The van der Waals surface area contributed by atoms with Crippen LogP contribution in [0.2, 0.25) is 0 Å². The SMILES string of the molecule is [Al].[Mg].[Mn].[Pb]. The maximum absolute atomic E-state index is 0. The Balaban J connectivity index is 0. The molecule has 4 heteroatoms. The summed E-state index contributed by atoms with van der Waals surface area (Å²) < 4.78 is 0. The minimum Gasteiger partial charge on any atom is 0 e. The van der Waals surface area contributed by atoms with Crippen LogP contribution in [-0.4, -0.2) is 67.7 Å². The Morgan fingerprint density at radius 3 is 1.00 bits per heavy atom. The monoisotopic (exact) mass is 314 g/mol. The van der Waals surface area contributed by atoms with Crippen LogP contribution in [0.25, 0.3) is 0 Å². The predicted octanol–water partition coefficient (Wildman–Crippen LogP) is -1.14. The molecule has 0 saturated carbocycles. The number of hydrogen-bond acceptors (Lipinski definition) is 0. The Labute approximate surface area is 83.4 Å². The molecule has 0 aromatic rings. The molecule has 0 aliphatic carbocycles. The molecule has 0 nitrogen and oxygen atoms in total. The molecule has 0 aliphatic rings. The van der Waals surface area contributed by atoms with E-state index in [1.807, 2.05) is 0 Å². The summed E-state index contributed by atoms with van der Waals surface area (Å²) in [6.07, 6.45) is 0. The average Bonchev–Trinajstić information content (AvgIpc) is 0. The predicted molar refractivity (Wildman–Crippen MR) is 17.3 cm³/mol. The van der Waals surface area contributed by atoms with Gasteiger partial charge in [-0.05, 0) is 0 Å². The van der Waals surface area contributed by atoms with E-state index in [-0.39, 0.29) is 84.8 Å². The first-order valence-electron chi connectivity index (χ1n) is 0. The van der Waals surface area contributed by atoms with E-state index in [4.69, 9.17) is 0 Å². The van der Waals surface area contributed by atoms with Gasteiger partial charge in [0.15, 0.2) is 0 Å². The number of rotatable bonds is 0. The van der Waals surface area contributed by atoms with Crippen LogP contribution < -0.4 is 0 Å². The van der Waals surface area contributed by atoms with Crippen molar-refractivity contribution in [3.8, 4) is 0 Å². The van der Waals surface area contributed by atoms with Gasteiger partial charge in [0.25, 0.3) is 0 Å². The molecule has 0 rings (SSSR count). The summed E-state index contributed by atoms with van der Waals surface area (Å²) in [5, 5.41) is 0. The molecular weight excluding hydrogens is 313 g/mol. The summed E-state index contributed by atoms with van der Waals surface area (Å²) in [5.41, 5.74) is 0. The maximum atomic E-state index is 0. The van der Waals surface area contributed by atoms with Crippen LogP contribution in [0.4, 0.5) is 0 Å². The largest absolute Gasteiger partial charge is 0 e. The topological polar surface area (TPSA) is 0 Å². The third-order valence-electron chi connectivity index (χ3n) is 0. The molecule has 0 spiro atoms. The Bertz CT molecular complexity index is 8.00. The molecule has 0 aromatic carbocycles. The van der Waals surface area contributed by atoms with Gasteiger partial charge in [-0.3, -0.25) is 0 Å². The van der Waals surface area contributed by atoms with E-state index < -0.39 is 0 Å². The fourth-order valence-corrected chi connectivity index (χ4v) is 0. The van der Waals surface area contributed by atoms with E-state index in [9.17, 15) is 0 Å². The van der Waals surface area contributed by atoms with Gasteiger partial charge in [0.1, 0.15) is 0 Å². The molecule has 10 radical (unpaired) electrons. The Kier molecular flexibility index (Phi) is 127. The van der Waals surface area contributed by atoms with E-state index in [0.29, 0.717) is 0 Å². The van der Waals surface area contributed by atoms with E-state index in [2.05, 4.69) is 0 Å². The van der Waals surface area contributed by atoms with Crippen molar-refractivity contribution in [1.82, 2.24) is 0 Å². The van der Waals surface area contributed by atoms with Gasteiger partial charge in [-0.1, -0.05) is 0 Å². The van der Waals surface area contributed by atoms with Crippen LogP contribution in [-0.2, 0) is 17.1 Å². The van der Waals surface area contributed by atoms with Gasteiger partial charge in [0.05, 0.1) is 0 Å². The fraction of sp³-hybridized carbons (Fsp3) is 0. The first-order valence-corrected chi connectivity index (χ1v) is 0. The van der Waals surface area contributed by atoms with E-state index in [1.165, 1.54) is 0 Å². The Morgan fingerprint density at radius 1 is 1.00 bits per heavy atom. The van der Waals surface area contributed by atoms with Gasteiger partial charge in [-0.2, -0.15) is 0 Å². The van der Waals surface area contributed by atoms with Crippen LogP contribution in [0.1, 0.15) is 0 Å². The molecule has 0 aliphatic heterocycles. The van der Waals surface area contributed by atoms with Crippen LogP contribution >= 0.6 is 0 Å². The van der Waals surface area contributed by atoms with Gasteiger partial charge >= 0.3 is 0 Å². The molecule has 0 atom stereocenters. The molecule has 0 fully saturated rings. The van der Waals surface area contributed by atoms with Crippen LogP contribution in [0.5, 0.6) is 0 Å². The summed E-state index contributed by atoms with van der Waals surface area (Å²) in [4.78, 5) is 0. The van der Waals surface area contributed by atoms with Gasteiger partial charge in [0.2, 0.25) is 0 Å². The molecule has 16 valence electrons. The zero-order chi connectivity index (χ0) is 0. The second-order valence-electron chi connectivity index (χ2n) is 0. The summed E-state index contributed by atoms with van der Waals surface area (Å²) in [5.74, 6) is 0. The molecule has 0 heterocycles. The van der Waals surface area contributed by atoms with Gasteiger partial charge in [0, 0.05) is 84.8 Å². The third-order valence-corrected chi connectivity index (χ3v) is 0. The minimum absolute atomic E-state index is 0. The second kappa shape index (κ2) is 17.2. The first-order chi connectivity index (χ1) is 0. The number of hydrogen-bond donors (Lipinski definition) is 0. The van der Waals surface area contributed by atoms with Crippen molar-refractivity contribution in [3.63, 3.8) is 0 Å². The fourth-order valence-electron chi connectivity index (χ4n) is 0. The van der Waals surface area contributed by atoms with Crippen molar-refractivity contribution in [2.75, 3.05) is 0 Å². The van der Waals surface area contributed by atoms with Crippen molar-refractivity contribution in [2.45, 2.75) is 0 Å². The Hall–Kier alpha value is 2.74. The molecule has 0 bridgehead atoms. The zero-order valence-electron chi connectivity index (χ0n) is 2.16. The second-order valence-corrected chi connectivity index (χ2v) is 0. The normalized spacial score (nSPS) is 0. The molecule has 0 amide bonds. The van der Waals surface area contributed by atoms with Gasteiger partial charge in [-0.15, -0.1) is 0 Å². The van der Waals surface area contributed by atoms with Crippen LogP contribution in [0.15, 0.2) is 0 Å². The zero-order valence-corrected chi connectivity index (χ0v) is 9.80. The van der Waals surface area contributed by atoms with Gasteiger partial charge < -0.3 is 0 Å². The first kappa shape index (κ1) is 29.6. The standard InChI is InChI=1S/Al.Mg.Mn.Pb. The molecular formula is AlMgMnPb. The maximum Gasteiger partial charge on any atom is 0 e. The smallest absolute Gasteiger partial charge is 0 e. The van der Waals surface area contributed by atoms with Crippen LogP contribution in [0, 0.1) is 0 Å². The quantitative estimate of drug-likeness (QED) is 0.496. The summed E-state index contributed by atoms with van der Waals surface area (Å²) >= 11 is 0. The van der Waals surface area contributed by atoms with Crippen molar-refractivity contribution in [2.24, 2.45) is 0 Å². The van der Waals surface area contributed by atoms with Crippen molar-refractivity contribution < 1.29 is 17.1 Å². The molecule has 0 unspecified atom stereocenters. The van der Waals surface area contributed by atoms with Crippen molar-refractivity contribution >= 4 is 67.7 Å². The average molecular weight is 313 g/mol. The summed E-state index contributed by atoms with van der Waals surface area (Å²) in [6, 6.07) is 0. The molecule has 0 aromatic heterocycles. The van der Waals surface area contributed by atoms with E-state index >= 15 is 0 Å².